The van der Waals surface area contributed by atoms with Crippen LogP contribution in [0.3, 0.4) is 0 Å². The number of aromatic nitrogens is 2. The number of thioether (sulfide) groups is 1. The molecule has 0 aliphatic rings. The summed E-state index contributed by atoms with van der Waals surface area (Å²) in [7, 11) is 0. The van der Waals surface area contributed by atoms with Crippen LogP contribution in [-0.2, 0) is 10.5 Å². The SMILES string of the molecule is Cc1ccccc1-c1noc(CSCC(=O)Nc2ccccc2Br)n1. The molecule has 0 aliphatic carbocycles. The van der Waals surface area contributed by atoms with Gasteiger partial charge in [0, 0.05) is 10.0 Å². The summed E-state index contributed by atoms with van der Waals surface area (Å²) < 4.78 is 6.13. The van der Waals surface area contributed by atoms with Crippen molar-refractivity contribution < 1.29 is 9.32 Å². The van der Waals surface area contributed by atoms with E-state index in [0.29, 0.717) is 23.2 Å². The Labute approximate surface area is 158 Å². The summed E-state index contributed by atoms with van der Waals surface area (Å²) >= 11 is 4.83. The molecule has 0 atom stereocenters. The van der Waals surface area contributed by atoms with Gasteiger partial charge in [-0.3, -0.25) is 4.79 Å². The largest absolute Gasteiger partial charge is 0.338 e. The Morgan fingerprint density at radius 1 is 1.20 bits per heavy atom. The molecule has 0 aliphatic heterocycles. The minimum Gasteiger partial charge on any atom is -0.338 e. The maximum Gasteiger partial charge on any atom is 0.236 e. The van der Waals surface area contributed by atoms with E-state index in [4.69, 9.17) is 4.52 Å². The third-order valence-electron chi connectivity index (χ3n) is 3.46. The lowest BCUT2D eigenvalue weighted by Gasteiger charge is -2.06. The number of nitrogens with one attached hydrogen (secondary N) is 1. The van der Waals surface area contributed by atoms with Crippen molar-refractivity contribution in [3.63, 3.8) is 0 Å². The van der Waals surface area contributed by atoms with Gasteiger partial charge in [-0.15, -0.1) is 11.8 Å². The smallest absolute Gasteiger partial charge is 0.236 e. The molecular weight excluding hydrogens is 402 g/mol. The summed E-state index contributed by atoms with van der Waals surface area (Å²) in [6.07, 6.45) is 0. The number of para-hydroxylation sites is 1. The maximum absolute atomic E-state index is 12.0. The molecule has 1 amide bonds. The van der Waals surface area contributed by atoms with E-state index in [1.807, 2.05) is 55.5 Å². The number of hydrogen-bond donors (Lipinski definition) is 1. The van der Waals surface area contributed by atoms with Crippen LogP contribution in [0.15, 0.2) is 57.5 Å². The average molecular weight is 418 g/mol. The molecule has 0 fully saturated rings. The average Bonchev–Trinajstić information content (AvgIpc) is 3.06. The van der Waals surface area contributed by atoms with Crippen molar-refractivity contribution in [3.8, 4) is 11.4 Å². The normalized spacial score (nSPS) is 10.6. The van der Waals surface area contributed by atoms with Crippen LogP contribution < -0.4 is 5.32 Å². The lowest BCUT2D eigenvalue weighted by Crippen LogP contribution is -2.14. The molecule has 1 aromatic heterocycles. The highest BCUT2D eigenvalue weighted by Crippen LogP contribution is 2.23. The quantitative estimate of drug-likeness (QED) is 0.630. The van der Waals surface area contributed by atoms with Crippen LogP contribution in [0.2, 0.25) is 0 Å². The summed E-state index contributed by atoms with van der Waals surface area (Å²) in [4.78, 5) is 16.4. The predicted molar refractivity (Wildman–Crippen MR) is 103 cm³/mol. The molecule has 25 heavy (non-hydrogen) atoms. The Balaban J connectivity index is 1.52. The zero-order valence-electron chi connectivity index (χ0n) is 13.5. The number of carbonyl (C=O) groups is 1. The van der Waals surface area contributed by atoms with Gasteiger partial charge in [0.2, 0.25) is 17.6 Å². The second-order valence-electron chi connectivity index (χ2n) is 5.35. The van der Waals surface area contributed by atoms with Gasteiger partial charge in [0.15, 0.2) is 0 Å². The molecule has 0 unspecified atom stereocenters. The standard InChI is InChI=1S/C18H16BrN3O2S/c1-12-6-2-3-7-13(12)18-21-17(24-22-18)11-25-10-16(23)20-15-9-5-4-8-14(15)19/h2-9H,10-11H2,1H3,(H,20,23). The fourth-order valence-corrected chi connectivity index (χ4v) is 3.26. The second-order valence-corrected chi connectivity index (χ2v) is 7.19. The highest BCUT2D eigenvalue weighted by Gasteiger charge is 2.11. The molecule has 0 bridgehead atoms. The van der Waals surface area contributed by atoms with Crippen molar-refractivity contribution in [1.82, 2.24) is 10.1 Å². The zero-order valence-corrected chi connectivity index (χ0v) is 15.9. The molecule has 3 rings (SSSR count). The highest BCUT2D eigenvalue weighted by molar-refractivity contribution is 9.10. The number of aryl methyl sites for hydroxylation is 1. The number of nitrogens with zero attached hydrogens (tertiary/aromatic N) is 2. The molecule has 0 spiro atoms. The zero-order chi connectivity index (χ0) is 17.6. The van der Waals surface area contributed by atoms with E-state index >= 15 is 0 Å². The molecule has 3 aromatic rings. The van der Waals surface area contributed by atoms with Crippen molar-refractivity contribution in [2.45, 2.75) is 12.7 Å². The summed E-state index contributed by atoms with van der Waals surface area (Å²) in [5, 5.41) is 6.88. The van der Waals surface area contributed by atoms with E-state index in [1.54, 1.807) is 0 Å². The maximum atomic E-state index is 12.0. The van der Waals surface area contributed by atoms with Crippen LogP contribution in [-0.4, -0.2) is 21.8 Å². The van der Waals surface area contributed by atoms with Gasteiger partial charge in [-0.05, 0) is 40.5 Å². The van der Waals surface area contributed by atoms with Gasteiger partial charge in [0.05, 0.1) is 17.2 Å². The van der Waals surface area contributed by atoms with Crippen LogP contribution in [0.5, 0.6) is 0 Å². The minimum atomic E-state index is -0.0736. The van der Waals surface area contributed by atoms with Gasteiger partial charge >= 0.3 is 0 Å². The van der Waals surface area contributed by atoms with E-state index < -0.39 is 0 Å². The van der Waals surface area contributed by atoms with Gasteiger partial charge in [0.1, 0.15) is 0 Å². The van der Waals surface area contributed by atoms with Crippen LogP contribution in [0.4, 0.5) is 5.69 Å². The molecule has 2 aromatic carbocycles. The Bertz CT molecular complexity index is 882. The summed E-state index contributed by atoms with van der Waals surface area (Å²) in [5.74, 6) is 1.81. The Morgan fingerprint density at radius 3 is 2.76 bits per heavy atom. The number of anilines is 1. The highest BCUT2D eigenvalue weighted by atomic mass is 79.9. The van der Waals surface area contributed by atoms with Gasteiger partial charge in [-0.25, -0.2) is 0 Å². The minimum absolute atomic E-state index is 0.0736. The fraction of sp³-hybridized carbons (Fsp3) is 0.167. The van der Waals surface area contributed by atoms with Crippen LogP contribution in [0.25, 0.3) is 11.4 Å². The first-order valence-corrected chi connectivity index (χ1v) is 9.59. The molecule has 0 saturated heterocycles. The Hall–Kier alpha value is -2.12. The van der Waals surface area contributed by atoms with Crippen molar-refractivity contribution in [3.05, 3.63) is 64.5 Å². The lowest BCUT2D eigenvalue weighted by molar-refractivity contribution is -0.113. The van der Waals surface area contributed by atoms with E-state index in [-0.39, 0.29) is 5.91 Å². The number of carbonyl (C=O) groups excluding carboxylic acids is 1. The van der Waals surface area contributed by atoms with Crippen LogP contribution in [0, 0.1) is 6.92 Å². The topological polar surface area (TPSA) is 68.0 Å². The third kappa shape index (κ3) is 4.70. The summed E-state index contributed by atoms with van der Waals surface area (Å²) in [5.41, 5.74) is 2.80. The van der Waals surface area contributed by atoms with Crippen molar-refractivity contribution in [2.24, 2.45) is 0 Å². The van der Waals surface area contributed by atoms with E-state index in [2.05, 4.69) is 31.4 Å². The van der Waals surface area contributed by atoms with E-state index in [9.17, 15) is 4.79 Å². The van der Waals surface area contributed by atoms with E-state index in [0.717, 1.165) is 21.3 Å². The van der Waals surface area contributed by atoms with Crippen molar-refractivity contribution >= 4 is 39.3 Å². The summed E-state index contributed by atoms with van der Waals surface area (Å²) in [6, 6.07) is 15.4. The number of amides is 1. The Kier molecular flexibility index (Phi) is 5.88. The van der Waals surface area contributed by atoms with Gasteiger partial charge in [-0.2, -0.15) is 4.98 Å². The lowest BCUT2D eigenvalue weighted by atomic mass is 10.1. The van der Waals surface area contributed by atoms with Gasteiger partial charge in [-0.1, -0.05) is 41.6 Å². The van der Waals surface area contributed by atoms with Gasteiger partial charge < -0.3 is 9.84 Å². The van der Waals surface area contributed by atoms with E-state index in [1.165, 1.54) is 11.8 Å². The third-order valence-corrected chi connectivity index (χ3v) is 5.07. The number of halogens is 1. The molecule has 1 heterocycles. The number of rotatable bonds is 6. The first-order chi connectivity index (χ1) is 12.1. The molecule has 0 radical (unpaired) electrons. The van der Waals surface area contributed by atoms with Crippen molar-refractivity contribution in [1.29, 1.82) is 0 Å². The first kappa shape index (κ1) is 17.7. The summed E-state index contributed by atoms with van der Waals surface area (Å²) in [6.45, 7) is 2.01. The van der Waals surface area contributed by atoms with Gasteiger partial charge in [0.25, 0.3) is 0 Å². The molecule has 1 N–H and O–H groups in total. The molecular formula is C18H16BrN3O2S. The number of benzene rings is 2. The first-order valence-electron chi connectivity index (χ1n) is 7.64. The molecule has 5 nitrogen and oxygen atoms in total. The second kappa shape index (κ2) is 8.31. The van der Waals surface area contributed by atoms with Crippen LogP contribution >= 0.6 is 27.7 Å². The molecule has 128 valence electrons. The monoisotopic (exact) mass is 417 g/mol. The van der Waals surface area contributed by atoms with Crippen molar-refractivity contribution in [2.75, 3.05) is 11.1 Å². The number of hydrogen-bond acceptors (Lipinski definition) is 5. The molecule has 7 heteroatoms. The Morgan fingerprint density at radius 2 is 1.96 bits per heavy atom. The van der Waals surface area contributed by atoms with Crippen LogP contribution in [0.1, 0.15) is 11.5 Å². The predicted octanol–water partition coefficient (Wildman–Crippen LogP) is 4.68. The molecule has 0 saturated carbocycles. The fourth-order valence-electron chi connectivity index (χ4n) is 2.23.